The van der Waals surface area contributed by atoms with Crippen LogP contribution in [0.3, 0.4) is 0 Å². The van der Waals surface area contributed by atoms with Gasteiger partial charge < -0.3 is 9.88 Å². The second kappa shape index (κ2) is 5.45. The van der Waals surface area contributed by atoms with Crippen molar-refractivity contribution in [1.82, 2.24) is 14.9 Å². The second-order valence-corrected chi connectivity index (χ2v) is 5.10. The van der Waals surface area contributed by atoms with Crippen molar-refractivity contribution in [1.29, 1.82) is 0 Å². The van der Waals surface area contributed by atoms with E-state index in [2.05, 4.69) is 14.9 Å². The molecule has 2 aromatic rings. The van der Waals surface area contributed by atoms with E-state index in [0.717, 1.165) is 30.8 Å². The van der Waals surface area contributed by atoms with E-state index in [9.17, 15) is 9.18 Å². The van der Waals surface area contributed by atoms with Gasteiger partial charge in [-0.3, -0.25) is 4.79 Å². The van der Waals surface area contributed by atoms with Crippen LogP contribution in [-0.2, 0) is 24.2 Å². The maximum absolute atomic E-state index is 12.8. The molecule has 20 heavy (non-hydrogen) atoms. The van der Waals surface area contributed by atoms with Crippen LogP contribution in [0.2, 0.25) is 0 Å². The zero-order valence-electron chi connectivity index (χ0n) is 11.1. The van der Waals surface area contributed by atoms with Crippen LogP contribution in [0.1, 0.15) is 17.8 Å². The van der Waals surface area contributed by atoms with Crippen LogP contribution in [0.15, 0.2) is 36.7 Å². The Kier molecular flexibility index (Phi) is 3.50. The van der Waals surface area contributed by atoms with Crippen molar-refractivity contribution in [2.45, 2.75) is 31.8 Å². The summed E-state index contributed by atoms with van der Waals surface area (Å²) in [5.41, 5.74) is 0.821. The number of nitrogens with zero attached hydrogens (tertiary/aromatic N) is 2. The maximum Gasteiger partial charge on any atom is 0.224 e. The van der Waals surface area contributed by atoms with E-state index in [1.54, 1.807) is 18.3 Å². The van der Waals surface area contributed by atoms with E-state index in [4.69, 9.17) is 0 Å². The van der Waals surface area contributed by atoms with Gasteiger partial charge in [-0.25, -0.2) is 9.37 Å². The van der Waals surface area contributed by atoms with Gasteiger partial charge in [-0.2, -0.15) is 0 Å². The van der Waals surface area contributed by atoms with E-state index in [1.165, 1.54) is 12.1 Å². The van der Waals surface area contributed by atoms with Crippen molar-refractivity contribution in [2.75, 3.05) is 0 Å². The quantitative estimate of drug-likeness (QED) is 0.925. The van der Waals surface area contributed by atoms with Gasteiger partial charge in [-0.15, -0.1) is 0 Å². The molecule has 0 radical (unpaired) electrons. The number of aryl methyl sites for hydroxylation is 1. The number of fused-ring (bicyclic) bond motifs is 1. The zero-order chi connectivity index (χ0) is 13.9. The van der Waals surface area contributed by atoms with E-state index in [1.807, 2.05) is 6.20 Å². The number of benzene rings is 1. The first-order valence-corrected chi connectivity index (χ1v) is 6.74. The van der Waals surface area contributed by atoms with Crippen LogP contribution in [0, 0.1) is 5.82 Å². The number of imidazole rings is 1. The second-order valence-electron chi connectivity index (χ2n) is 5.10. The molecular weight excluding hydrogens is 257 g/mol. The highest BCUT2D eigenvalue weighted by molar-refractivity contribution is 5.78. The first-order chi connectivity index (χ1) is 9.70. The molecule has 3 rings (SSSR count). The Morgan fingerprint density at radius 3 is 3.00 bits per heavy atom. The summed E-state index contributed by atoms with van der Waals surface area (Å²) in [6, 6.07) is 6.17. The van der Waals surface area contributed by atoms with Gasteiger partial charge in [0.15, 0.2) is 0 Å². The standard InChI is InChI=1S/C15H16FN3O/c16-12-3-1-11(2-4-12)9-15(20)18-13-5-7-19-8-6-17-14(19)10-13/h1-4,6,8,13H,5,7,9-10H2,(H,18,20). The Bertz CT molecular complexity index is 606. The number of hydrogen-bond acceptors (Lipinski definition) is 2. The number of hydrogen-bond donors (Lipinski definition) is 1. The molecule has 1 unspecified atom stereocenters. The molecule has 4 nitrogen and oxygen atoms in total. The SMILES string of the molecule is O=C(Cc1ccc(F)cc1)NC1CCn2ccnc2C1. The van der Waals surface area contributed by atoms with E-state index >= 15 is 0 Å². The summed E-state index contributed by atoms with van der Waals surface area (Å²) in [6.07, 6.45) is 5.72. The molecule has 2 heterocycles. The van der Waals surface area contributed by atoms with Gasteiger partial charge in [0.05, 0.1) is 6.42 Å². The average Bonchev–Trinajstić information content (AvgIpc) is 2.89. The van der Waals surface area contributed by atoms with Crippen molar-refractivity contribution in [3.63, 3.8) is 0 Å². The first-order valence-electron chi connectivity index (χ1n) is 6.74. The number of amides is 1. The number of rotatable bonds is 3. The highest BCUT2D eigenvalue weighted by atomic mass is 19.1. The fourth-order valence-corrected chi connectivity index (χ4v) is 2.54. The summed E-state index contributed by atoms with van der Waals surface area (Å²) < 4.78 is 14.9. The van der Waals surface area contributed by atoms with Gasteiger partial charge >= 0.3 is 0 Å². The molecule has 0 spiro atoms. The summed E-state index contributed by atoms with van der Waals surface area (Å²) in [5, 5.41) is 3.03. The lowest BCUT2D eigenvalue weighted by Crippen LogP contribution is -2.40. The Hall–Kier alpha value is -2.17. The molecular formula is C15H16FN3O. The number of aromatic nitrogens is 2. The molecule has 1 aromatic heterocycles. The third-order valence-corrected chi connectivity index (χ3v) is 3.59. The van der Waals surface area contributed by atoms with Crippen LogP contribution in [0.4, 0.5) is 4.39 Å². The number of nitrogens with one attached hydrogen (secondary N) is 1. The minimum Gasteiger partial charge on any atom is -0.353 e. The lowest BCUT2D eigenvalue weighted by atomic mass is 10.1. The normalized spacial score (nSPS) is 17.6. The van der Waals surface area contributed by atoms with Crippen LogP contribution in [-0.4, -0.2) is 21.5 Å². The van der Waals surface area contributed by atoms with Crippen molar-refractivity contribution < 1.29 is 9.18 Å². The fraction of sp³-hybridized carbons (Fsp3) is 0.333. The fourth-order valence-electron chi connectivity index (χ4n) is 2.54. The lowest BCUT2D eigenvalue weighted by molar-refractivity contribution is -0.121. The van der Waals surface area contributed by atoms with Gasteiger partial charge in [-0.05, 0) is 24.1 Å². The first kappa shape index (κ1) is 12.8. The molecule has 1 aliphatic heterocycles. The number of halogens is 1. The maximum atomic E-state index is 12.8. The third kappa shape index (κ3) is 2.87. The molecule has 0 saturated carbocycles. The Morgan fingerprint density at radius 2 is 2.20 bits per heavy atom. The smallest absolute Gasteiger partial charge is 0.224 e. The zero-order valence-corrected chi connectivity index (χ0v) is 11.1. The minimum atomic E-state index is -0.284. The molecule has 1 aromatic carbocycles. The summed E-state index contributed by atoms with van der Waals surface area (Å²) in [5.74, 6) is 0.707. The Morgan fingerprint density at radius 1 is 1.40 bits per heavy atom. The molecule has 0 fully saturated rings. The summed E-state index contributed by atoms with van der Waals surface area (Å²) >= 11 is 0. The van der Waals surface area contributed by atoms with Crippen LogP contribution < -0.4 is 5.32 Å². The van der Waals surface area contributed by atoms with Gasteiger partial charge in [-0.1, -0.05) is 12.1 Å². The van der Waals surface area contributed by atoms with Gasteiger partial charge in [0.2, 0.25) is 5.91 Å². The summed E-state index contributed by atoms with van der Waals surface area (Å²) in [4.78, 5) is 16.3. The van der Waals surface area contributed by atoms with Crippen LogP contribution in [0.5, 0.6) is 0 Å². The van der Waals surface area contributed by atoms with E-state index in [-0.39, 0.29) is 24.2 Å². The van der Waals surface area contributed by atoms with Crippen LogP contribution in [0.25, 0.3) is 0 Å². The van der Waals surface area contributed by atoms with Gasteiger partial charge in [0.1, 0.15) is 11.6 Å². The van der Waals surface area contributed by atoms with Crippen LogP contribution >= 0.6 is 0 Å². The molecule has 0 bridgehead atoms. The molecule has 5 heteroatoms. The van der Waals surface area contributed by atoms with Gasteiger partial charge in [0, 0.05) is 31.4 Å². The Labute approximate surface area is 116 Å². The largest absolute Gasteiger partial charge is 0.353 e. The molecule has 0 saturated heterocycles. The number of carbonyl (C=O) groups excluding carboxylic acids is 1. The third-order valence-electron chi connectivity index (χ3n) is 3.59. The molecule has 0 aliphatic carbocycles. The predicted molar refractivity (Wildman–Crippen MR) is 72.6 cm³/mol. The summed E-state index contributed by atoms with van der Waals surface area (Å²) in [6.45, 7) is 0.886. The van der Waals surface area contributed by atoms with Crippen molar-refractivity contribution >= 4 is 5.91 Å². The monoisotopic (exact) mass is 273 g/mol. The van der Waals surface area contributed by atoms with Gasteiger partial charge in [0.25, 0.3) is 0 Å². The van der Waals surface area contributed by atoms with Crippen molar-refractivity contribution in [2.24, 2.45) is 0 Å². The number of carbonyl (C=O) groups is 1. The molecule has 104 valence electrons. The molecule has 1 N–H and O–H groups in total. The van der Waals surface area contributed by atoms with Crippen molar-refractivity contribution in [3.05, 3.63) is 53.9 Å². The minimum absolute atomic E-state index is 0.0263. The lowest BCUT2D eigenvalue weighted by Gasteiger charge is -2.24. The average molecular weight is 273 g/mol. The Balaban J connectivity index is 1.56. The highest BCUT2D eigenvalue weighted by Gasteiger charge is 2.20. The highest BCUT2D eigenvalue weighted by Crippen LogP contribution is 2.13. The van der Waals surface area contributed by atoms with E-state index < -0.39 is 0 Å². The van der Waals surface area contributed by atoms with Crippen molar-refractivity contribution in [3.8, 4) is 0 Å². The summed E-state index contributed by atoms with van der Waals surface area (Å²) in [7, 11) is 0. The molecule has 1 aliphatic rings. The molecule has 1 atom stereocenters. The topological polar surface area (TPSA) is 46.9 Å². The van der Waals surface area contributed by atoms with E-state index in [0.29, 0.717) is 0 Å². The molecule has 1 amide bonds. The predicted octanol–water partition coefficient (Wildman–Crippen LogP) is 1.70.